The number of sulfonamides is 1. The molecule has 2 aliphatic rings. The van der Waals surface area contributed by atoms with Crippen molar-refractivity contribution >= 4 is 10.0 Å². The first-order chi connectivity index (χ1) is 9.41. The Morgan fingerprint density at radius 2 is 1.85 bits per heavy atom. The zero-order valence-corrected chi connectivity index (χ0v) is 13.8. The van der Waals surface area contributed by atoms with Gasteiger partial charge in [-0.25, -0.2) is 12.7 Å². The monoisotopic (exact) mass is 303 g/mol. The summed E-state index contributed by atoms with van der Waals surface area (Å²) in [6.45, 7) is 11.1. The molecule has 0 aromatic rings. The Morgan fingerprint density at radius 3 is 2.45 bits per heavy atom. The molecule has 1 unspecified atom stereocenters. The second-order valence-corrected chi connectivity index (χ2v) is 8.84. The van der Waals surface area contributed by atoms with E-state index in [1.807, 2.05) is 6.92 Å². The summed E-state index contributed by atoms with van der Waals surface area (Å²) in [5.41, 5.74) is 0. The summed E-state index contributed by atoms with van der Waals surface area (Å²) in [6.07, 6.45) is 2.23. The summed E-state index contributed by atoms with van der Waals surface area (Å²) in [5, 5.41) is 2.91. The first-order valence-corrected chi connectivity index (χ1v) is 9.35. The molecule has 6 heteroatoms. The van der Waals surface area contributed by atoms with Crippen LogP contribution in [0.25, 0.3) is 0 Å². The van der Waals surface area contributed by atoms with Gasteiger partial charge >= 0.3 is 0 Å². The molecule has 20 heavy (non-hydrogen) atoms. The molecule has 0 radical (unpaired) electrons. The predicted octanol–water partition coefficient (Wildman–Crippen LogP) is 0.730. The quantitative estimate of drug-likeness (QED) is 0.835. The van der Waals surface area contributed by atoms with Gasteiger partial charge in [-0.05, 0) is 52.6 Å². The molecule has 0 aromatic heterocycles. The standard InChI is InChI=1S/C14H29N3O2S/c1-12(2)16-7-4-14(5-8-16)11-17-9-6-15-10-13(3)20(17,18)19/h12-15H,4-11H2,1-3H3. The van der Waals surface area contributed by atoms with Crippen LogP contribution in [0.4, 0.5) is 0 Å². The maximum absolute atomic E-state index is 12.5. The highest BCUT2D eigenvalue weighted by Gasteiger charge is 2.33. The Morgan fingerprint density at radius 1 is 1.20 bits per heavy atom. The summed E-state index contributed by atoms with van der Waals surface area (Å²) in [6, 6.07) is 0.599. The van der Waals surface area contributed by atoms with Crippen LogP contribution >= 0.6 is 0 Å². The van der Waals surface area contributed by atoms with Crippen molar-refractivity contribution in [2.45, 2.75) is 44.9 Å². The lowest BCUT2D eigenvalue weighted by atomic mass is 9.96. The summed E-state index contributed by atoms with van der Waals surface area (Å²) >= 11 is 0. The van der Waals surface area contributed by atoms with Crippen LogP contribution < -0.4 is 5.32 Å². The van der Waals surface area contributed by atoms with Crippen molar-refractivity contribution in [1.29, 1.82) is 0 Å². The summed E-state index contributed by atoms with van der Waals surface area (Å²) in [4.78, 5) is 2.48. The molecule has 0 aromatic carbocycles. The average Bonchev–Trinajstić information content (AvgIpc) is 2.52. The molecular formula is C14H29N3O2S. The Bertz CT molecular complexity index is 403. The topological polar surface area (TPSA) is 52.6 Å². The first kappa shape index (κ1) is 16.2. The molecule has 5 nitrogen and oxygen atoms in total. The van der Waals surface area contributed by atoms with Crippen LogP contribution in [-0.4, -0.2) is 68.2 Å². The molecule has 118 valence electrons. The molecule has 1 atom stereocenters. The molecule has 1 N–H and O–H groups in total. The van der Waals surface area contributed by atoms with Crippen LogP contribution in [-0.2, 0) is 10.0 Å². The van der Waals surface area contributed by atoms with E-state index in [1.165, 1.54) is 0 Å². The first-order valence-electron chi connectivity index (χ1n) is 7.85. The van der Waals surface area contributed by atoms with Crippen LogP contribution in [0, 0.1) is 5.92 Å². The van der Waals surface area contributed by atoms with Crippen LogP contribution in [0.15, 0.2) is 0 Å². The minimum Gasteiger partial charge on any atom is -0.314 e. The van der Waals surface area contributed by atoms with Crippen LogP contribution in [0.5, 0.6) is 0 Å². The fourth-order valence-corrected chi connectivity index (χ4v) is 4.73. The predicted molar refractivity (Wildman–Crippen MR) is 82.3 cm³/mol. The van der Waals surface area contributed by atoms with Crippen molar-refractivity contribution in [2.24, 2.45) is 5.92 Å². The zero-order chi connectivity index (χ0) is 14.8. The van der Waals surface area contributed by atoms with Gasteiger partial charge in [0.15, 0.2) is 0 Å². The Balaban J connectivity index is 1.92. The van der Waals surface area contributed by atoms with Crippen molar-refractivity contribution in [3.63, 3.8) is 0 Å². The third kappa shape index (κ3) is 3.72. The van der Waals surface area contributed by atoms with E-state index < -0.39 is 10.0 Å². The Hall–Kier alpha value is -0.170. The van der Waals surface area contributed by atoms with Gasteiger partial charge in [0.05, 0.1) is 5.25 Å². The van der Waals surface area contributed by atoms with E-state index in [9.17, 15) is 8.42 Å². The van der Waals surface area contributed by atoms with Crippen molar-refractivity contribution in [3.8, 4) is 0 Å². The van der Waals surface area contributed by atoms with E-state index in [0.717, 1.165) is 32.5 Å². The minimum atomic E-state index is -3.11. The maximum Gasteiger partial charge on any atom is 0.218 e. The van der Waals surface area contributed by atoms with Gasteiger partial charge in [0, 0.05) is 32.2 Å². The molecule has 2 heterocycles. The highest BCUT2D eigenvalue weighted by molar-refractivity contribution is 7.89. The number of hydrogen-bond acceptors (Lipinski definition) is 4. The SMILES string of the molecule is CC(C)N1CCC(CN2CCNCC(C)S2(=O)=O)CC1. The normalized spacial score (nSPS) is 30.5. The van der Waals surface area contributed by atoms with E-state index in [2.05, 4.69) is 24.1 Å². The summed E-state index contributed by atoms with van der Waals surface area (Å²) in [5.74, 6) is 0.519. The van der Waals surface area contributed by atoms with E-state index in [-0.39, 0.29) is 5.25 Å². The third-order valence-electron chi connectivity index (χ3n) is 4.68. The summed E-state index contributed by atoms with van der Waals surface area (Å²) < 4.78 is 26.6. The number of nitrogens with zero attached hydrogens (tertiary/aromatic N) is 2. The third-order valence-corrected chi connectivity index (χ3v) is 6.91. The van der Waals surface area contributed by atoms with Crippen molar-refractivity contribution in [2.75, 3.05) is 39.3 Å². The molecule has 2 fully saturated rings. The lowest BCUT2D eigenvalue weighted by Gasteiger charge is -2.36. The van der Waals surface area contributed by atoms with Gasteiger partial charge in [-0.15, -0.1) is 0 Å². The number of likely N-dealkylation sites (tertiary alicyclic amines) is 1. The van der Waals surface area contributed by atoms with Gasteiger partial charge in [-0.3, -0.25) is 0 Å². The van der Waals surface area contributed by atoms with Crippen LogP contribution in [0.2, 0.25) is 0 Å². The molecule has 0 aliphatic carbocycles. The molecule has 2 aliphatic heterocycles. The number of piperidine rings is 1. The zero-order valence-electron chi connectivity index (χ0n) is 13.0. The van der Waals surface area contributed by atoms with Crippen LogP contribution in [0.1, 0.15) is 33.6 Å². The smallest absolute Gasteiger partial charge is 0.218 e. The molecule has 0 spiro atoms. The molecule has 2 saturated heterocycles. The second kappa shape index (κ2) is 6.73. The molecule has 0 saturated carbocycles. The lowest BCUT2D eigenvalue weighted by molar-refractivity contribution is 0.139. The van der Waals surface area contributed by atoms with E-state index in [1.54, 1.807) is 4.31 Å². The Kier molecular flexibility index (Phi) is 5.45. The van der Waals surface area contributed by atoms with E-state index in [4.69, 9.17) is 0 Å². The molecule has 2 rings (SSSR count). The van der Waals surface area contributed by atoms with Gasteiger partial charge in [0.1, 0.15) is 0 Å². The van der Waals surface area contributed by atoms with Gasteiger partial charge in [0.2, 0.25) is 10.0 Å². The number of rotatable bonds is 3. The maximum atomic E-state index is 12.5. The van der Waals surface area contributed by atoms with Crippen molar-refractivity contribution < 1.29 is 8.42 Å². The minimum absolute atomic E-state index is 0.305. The second-order valence-electron chi connectivity index (χ2n) is 6.49. The fraction of sp³-hybridized carbons (Fsp3) is 1.00. The molecular weight excluding hydrogens is 274 g/mol. The van der Waals surface area contributed by atoms with E-state index in [0.29, 0.717) is 31.6 Å². The highest BCUT2D eigenvalue weighted by atomic mass is 32.2. The van der Waals surface area contributed by atoms with Gasteiger partial charge < -0.3 is 10.2 Å². The van der Waals surface area contributed by atoms with Crippen LogP contribution in [0.3, 0.4) is 0 Å². The van der Waals surface area contributed by atoms with E-state index >= 15 is 0 Å². The van der Waals surface area contributed by atoms with Gasteiger partial charge in [-0.2, -0.15) is 0 Å². The van der Waals surface area contributed by atoms with Crippen molar-refractivity contribution in [1.82, 2.24) is 14.5 Å². The van der Waals surface area contributed by atoms with Gasteiger partial charge in [-0.1, -0.05) is 0 Å². The number of hydrogen-bond donors (Lipinski definition) is 1. The fourth-order valence-electron chi connectivity index (χ4n) is 3.13. The summed E-state index contributed by atoms with van der Waals surface area (Å²) in [7, 11) is -3.11. The average molecular weight is 303 g/mol. The van der Waals surface area contributed by atoms with Gasteiger partial charge in [0.25, 0.3) is 0 Å². The highest BCUT2D eigenvalue weighted by Crippen LogP contribution is 2.22. The Labute approximate surface area is 123 Å². The number of nitrogens with one attached hydrogen (secondary N) is 1. The lowest BCUT2D eigenvalue weighted by Crippen LogP contribution is -2.44. The molecule has 0 amide bonds. The van der Waals surface area contributed by atoms with Crippen molar-refractivity contribution in [3.05, 3.63) is 0 Å². The molecule has 0 bridgehead atoms. The largest absolute Gasteiger partial charge is 0.314 e.